The van der Waals surface area contributed by atoms with E-state index in [-0.39, 0.29) is 27.7 Å². The zero-order valence-electron chi connectivity index (χ0n) is 17.1. The summed E-state index contributed by atoms with van der Waals surface area (Å²) in [6, 6.07) is 8.51. The Labute approximate surface area is 189 Å². The highest BCUT2D eigenvalue weighted by Gasteiger charge is 2.36. The number of benzene rings is 1. The second-order valence-electron chi connectivity index (χ2n) is 7.04. The highest BCUT2D eigenvalue weighted by molar-refractivity contribution is 6.37. The maximum Gasteiger partial charge on any atom is 0.433 e. The Balaban J connectivity index is 1.59. The Bertz CT molecular complexity index is 1390. The zero-order chi connectivity index (χ0) is 23.9. The van der Waals surface area contributed by atoms with E-state index in [1.807, 2.05) is 0 Å². The molecule has 0 radical (unpaired) electrons. The molecule has 4 rings (SSSR count). The van der Waals surface area contributed by atoms with Crippen LogP contribution in [-0.4, -0.2) is 36.2 Å². The van der Waals surface area contributed by atoms with E-state index in [9.17, 15) is 22.8 Å². The van der Waals surface area contributed by atoms with Gasteiger partial charge in [-0.1, -0.05) is 17.7 Å². The van der Waals surface area contributed by atoms with Crippen molar-refractivity contribution in [1.29, 1.82) is 0 Å². The van der Waals surface area contributed by atoms with Crippen LogP contribution in [0.3, 0.4) is 0 Å². The molecule has 0 aliphatic carbocycles. The van der Waals surface area contributed by atoms with Gasteiger partial charge in [-0.2, -0.15) is 23.4 Å². The molecule has 1 aromatic carbocycles. The van der Waals surface area contributed by atoms with Crippen molar-refractivity contribution in [3.05, 3.63) is 70.4 Å². The summed E-state index contributed by atoms with van der Waals surface area (Å²) in [4.78, 5) is 29.0. The summed E-state index contributed by atoms with van der Waals surface area (Å²) in [5.41, 5.74) is -0.932. The molecule has 0 saturated heterocycles. The number of nitrogens with zero attached hydrogens (tertiary/aromatic N) is 5. The van der Waals surface area contributed by atoms with Gasteiger partial charge in [0.25, 0.3) is 11.8 Å². The number of halogens is 4. The van der Waals surface area contributed by atoms with Crippen LogP contribution in [0.25, 0.3) is 5.65 Å². The minimum Gasteiger partial charge on any atom is -0.321 e. The molecule has 33 heavy (non-hydrogen) atoms. The van der Waals surface area contributed by atoms with E-state index in [1.54, 1.807) is 25.4 Å². The van der Waals surface area contributed by atoms with Gasteiger partial charge in [-0.05, 0) is 37.3 Å². The second-order valence-corrected chi connectivity index (χ2v) is 7.42. The van der Waals surface area contributed by atoms with Crippen LogP contribution in [0.4, 0.5) is 24.5 Å². The lowest BCUT2D eigenvalue weighted by Gasteiger charge is -2.09. The fraction of sp³-hybridized carbons (Fsp3) is 0.150. The van der Waals surface area contributed by atoms with Gasteiger partial charge in [-0.25, -0.2) is 9.50 Å². The zero-order valence-corrected chi connectivity index (χ0v) is 17.9. The van der Waals surface area contributed by atoms with Crippen molar-refractivity contribution in [3.8, 4) is 0 Å². The van der Waals surface area contributed by atoms with Crippen LogP contribution in [0.2, 0.25) is 5.02 Å². The van der Waals surface area contributed by atoms with Crippen molar-refractivity contribution in [1.82, 2.24) is 24.4 Å². The minimum absolute atomic E-state index is 0.0694. The molecule has 9 nitrogen and oxygen atoms in total. The fourth-order valence-electron chi connectivity index (χ4n) is 3.06. The highest BCUT2D eigenvalue weighted by Crippen LogP contribution is 2.32. The lowest BCUT2D eigenvalue weighted by Crippen LogP contribution is -2.16. The van der Waals surface area contributed by atoms with Gasteiger partial charge in [0.05, 0.1) is 0 Å². The van der Waals surface area contributed by atoms with Crippen molar-refractivity contribution in [2.75, 3.05) is 10.6 Å². The number of hydrogen-bond acceptors (Lipinski definition) is 5. The molecule has 170 valence electrons. The number of rotatable bonds is 4. The van der Waals surface area contributed by atoms with E-state index in [0.717, 1.165) is 6.07 Å². The molecular formula is C20H15ClF3N7O2. The Morgan fingerprint density at radius 3 is 2.30 bits per heavy atom. The van der Waals surface area contributed by atoms with Gasteiger partial charge in [0.15, 0.2) is 17.0 Å². The van der Waals surface area contributed by atoms with Crippen LogP contribution in [0, 0.1) is 6.92 Å². The van der Waals surface area contributed by atoms with Crippen LogP contribution < -0.4 is 10.6 Å². The third-order valence-electron chi connectivity index (χ3n) is 4.49. The number of aryl methyl sites for hydroxylation is 2. The second kappa shape index (κ2) is 8.20. The average molecular weight is 478 g/mol. The van der Waals surface area contributed by atoms with Crippen molar-refractivity contribution in [2.24, 2.45) is 7.05 Å². The standard InChI is InChI=1S/C20H15ClF3N7O2/c1-10-8-14(20(22,23)24)31-17(25-10)15(21)16(29-31)19(33)27-12-5-3-4-11(9-12)26-18(32)13-6-7-30(2)28-13/h3-9H,1-2H3,(H,26,32)(H,27,33). The summed E-state index contributed by atoms with van der Waals surface area (Å²) in [6.07, 6.45) is -3.11. The number of fused-ring (bicyclic) bond motifs is 1. The Morgan fingerprint density at radius 2 is 1.70 bits per heavy atom. The third kappa shape index (κ3) is 4.51. The van der Waals surface area contributed by atoms with Crippen molar-refractivity contribution >= 4 is 40.4 Å². The van der Waals surface area contributed by atoms with E-state index < -0.39 is 29.4 Å². The molecule has 0 aliphatic rings. The van der Waals surface area contributed by atoms with Gasteiger partial charge in [-0.3, -0.25) is 14.3 Å². The lowest BCUT2D eigenvalue weighted by atomic mass is 10.2. The molecule has 3 heterocycles. The number of amides is 2. The SMILES string of the molecule is Cc1cc(C(F)(F)F)n2nc(C(=O)Nc3cccc(NC(=O)c4ccn(C)n4)c3)c(Cl)c2n1. The van der Waals surface area contributed by atoms with Gasteiger partial charge in [-0.15, -0.1) is 0 Å². The number of nitrogens with one attached hydrogen (secondary N) is 2. The molecule has 13 heteroatoms. The molecule has 0 atom stereocenters. The summed E-state index contributed by atoms with van der Waals surface area (Å²) < 4.78 is 42.1. The molecule has 2 N–H and O–H groups in total. The van der Waals surface area contributed by atoms with E-state index in [1.165, 1.54) is 29.8 Å². The van der Waals surface area contributed by atoms with Gasteiger partial charge in [0.2, 0.25) is 0 Å². The molecule has 2 amide bonds. The largest absolute Gasteiger partial charge is 0.433 e. The first-order valence-electron chi connectivity index (χ1n) is 9.38. The Morgan fingerprint density at radius 1 is 1.03 bits per heavy atom. The van der Waals surface area contributed by atoms with E-state index in [0.29, 0.717) is 10.2 Å². The van der Waals surface area contributed by atoms with Crippen molar-refractivity contribution in [2.45, 2.75) is 13.1 Å². The number of aromatic nitrogens is 5. The fourth-order valence-corrected chi connectivity index (χ4v) is 3.30. The van der Waals surface area contributed by atoms with Crippen LogP contribution in [-0.2, 0) is 13.2 Å². The van der Waals surface area contributed by atoms with E-state index in [4.69, 9.17) is 11.6 Å². The Kier molecular flexibility index (Phi) is 5.54. The van der Waals surface area contributed by atoms with E-state index in [2.05, 4.69) is 25.8 Å². The molecule has 0 aliphatic heterocycles. The van der Waals surface area contributed by atoms with Gasteiger partial charge >= 0.3 is 6.18 Å². The number of anilines is 2. The smallest absolute Gasteiger partial charge is 0.321 e. The number of hydrogen-bond donors (Lipinski definition) is 2. The summed E-state index contributed by atoms with van der Waals surface area (Å²) in [5.74, 6) is -1.30. The summed E-state index contributed by atoms with van der Waals surface area (Å²) in [5, 5.41) is 12.6. The van der Waals surface area contributed by atoms with Gasteiger partial charge in [0, 0.05) is 30.3 Å². The van der Waals surface area contributed by atoms with Gasteiger partial charge < -0.3 is 10.6 Å². The molecule has 0 bridgehead atoms. The molecule has 4 aromatic rings. The number of carbonyl (C=O) groups is 2. The van der Waals surface area contributed by atoms with Crippen molar-refractivity contribution in [3.63, 3.8) is 0 Å². The average Bonchev–Trinajstić information content (AvgIpc) is 3.31. The third-order valence-corrected chi connectivity index (χ3v) is 4.84. The number of alkyl halides is 3. The maximum absolute atomic E-state index is 13.4. The quantitative estimate of drug-likeness (QED) is 0.463. The number of carbonyl (C=O) groups excluding carboxylic acids is 2. The van der Waals surface area contributed by atoms with Crippen LogP contribution in [0.1, 0.15) is 32.4 Å². The highest BCUT2D eigenvalue weighted by atomic mass is 35.5. The molecular weight excluding hydrogens is 463 g/mol. The lowest BCUT2D eigenvalue weighted by molar-refractivity contribution is -0.142. The first kappa shape index (κ1) is 22.3. The van der Waals surface area contributed by atoms with Gasteiger partial charge in [0.1, 0.15) is 10.7 Å². The normalized spacial score (nSPS) is 11.6. The summed E-state index contributed by atoms with van der Waals surface area (Å²) in [7, 11) is 1.67. The molecule has 0 spiro atoms. The van der Waals surface area contributed by atoms with E-state index >= 15 is 0 Å². The molecule has 3 aromatic heterocycles. The first-order valence-corrected chi connectivity index (χ1v) is 9.76. The van der Waals surface area contributed by atoms with Crippen molar-refractivity contribution < 1.29 is 22.8 Å². The molecule has 0 saturated carbocycles. The minimum atomic E-state index is -4.73. The van der Waals surface area contributed by atoms with Crippen LogP contribution in [0.5, 0.6) is 0 Å². The topological polar surface area (TPSA) is 106 Å². The maximum atomic E-state index is 13.4. The molecule has 0 unspecified atom stereocenters. The monoisotopic (exact) mass is 477 g/mol. The molecule has 0 fully saturated rings. The predicted octanol–water partition coefficient (Wildman–Crippen LogP) is 3.95. The summed E-state index contributed by atoms with van der Waals surface area (Å²) >= 11 is 6.14. The summed E-state index contributed by atoms with van der Waals surface area (Å²) in [6.45, 7) is 1.38. The Hall–Kier alpha value is -3.93. The first-order chi connectivity index (χ1) is 15.5. The predicted molar refractivity (Wildman–Crippen MR) is 113 cm³/mol. The van der Waals surface area contributed by atoms with Crippen LogP contribution >= 0.6 is 11.6 Å². The van der Waals surface area contributed by atoms with Crippen LogP contribution in [0.15, 0.2) is 42.6 Å².